The summed E-state index contributed by atoms with van der Waals surface area (Å²) in [5.41, 5.74) is 1.91. The third-order valence-electron chi connectivity index (χ3n) is 2.44. The van der Waals surface area contributed by atoms with Crippen LogP contribution in [0.2, 0.25) is 0 Å². The summed E-state index contributed by atoms with van der Waals surface area (Å²) in [7, 11) is 1.82. The normalized spacial score (nSPS) is 10.7. The predicted molar refractivity (Wildman–Crippen MR) is 72.6 cm³/mol. The van der Waals surface area contributed by atoms with Gasteiger partial charge in [-0.05, 0) is 38.2 Å². The molecular weight excluding hydrogens is 297 g/mol. The quantitative estimate of drug-likeness (QED) is 0.947. The summed E-state index contributed by atoms with van der Waals surface area (Å²) < 4.78 is 14.6. The number of benzene rings is 1. The summed E-state index contributed by atoms with van der Waals surface area (Å²) in [6.07, 6.45) is 0. The highest BCUT2D eigenvalue weighted by Crippen LogP contribution is 2.25. The van der Waals surface area contributed by atoms with Crippen molar-refractivity contribution in [3.63, 3.8) is 0 Å². The first-order valence-electron chi connectivity index (χ1n) is 5.54. The average molecular weight is 310 g/mol. The van der Waals surface area contributed by atoms with Crippen molar-refractivity contribution in [1.82, 2.24) is 15.3 Å². The molecule has 0 radical (unpaired) electrons. The SMILES string of the molecule is CNCc1nc(C)cc(-c2cc(Br)ccc2F)n1. The van der Waals surface area contributed by atoms with E-state index in [1.54, 1.807) is 18.2 Å². The molecule has 5 heteroatoms. The fourth-order valence-electron chi connectivity index (χ4n) is 1.70. The van der Waals surface area contributed by atoms with E-state index < -0.39 is 0 Å². The number of halogens is 2. The molecule has 0 atom stereocenters. The molecule has 1 heterocycles. The van der Waals surface area contributed by atoms with Crippen molar-refractivity contribution in [3.8, 4) is 11.3 Å². The van der Waals surface area contributed by atoms with Gasteiger partial charge in [0.25, 0.3) is 0 Å². The van der Waals surface area contributed by atoms with Gasteiger partial charge in [-0.1, -0.05) is 15.9 Å². The van der Waals surface area contributed by atoms with Crippen LogP contribution in [0.15, 0.2) is 28.7 Å². The molecule has 1 aromatic heterocycles. The lowest BCUT2D eigenvalue weighted by molar-refractivity contribution is 0.630. The van der Waals surface area contributed by atoms with Crippen molar-refractivity contribution in [2.45, 2.75) is 13.5 Å². The molecule has 0 fully saturated rings. The first-order valence-corrected chi connectivity index (χ1v) is 6.34. The van der Waals surface area contributed by atoms with Crippen molar-refractivity contribution >= 4 is 15.9 Å². The van der Waals surface area contributed by atoms with Crippen LogP contribution in [0.25, 0.3) is 11.3 Å². The number of hydrogen-bond donors (Lipinski definition) is 1. The molecule has 0 saturated heterocycles. The first-order chi connectivity index (χ1) is 8.60. The van der Waals surface area contributed by atoms with Crippen molar-refractivity contribution in [1.29, 1.82) is 0 Å². The molecule has 0 aliphatic carbocycles. The lowest BCUT2D eigenvalue weighted by Crippen LogP contribution is -2.10. The van der Waals surface area contributed by atoms with E-state index in [9.17, 15) is 4.39 Å². The van der Waals surface area contributed by atoms with E-state index in [1.165, 1.54) is 6.07 Å². The van der Waals surface area contributed by atoms with Crippen LogP contribution >= 0.6 is 15.9 Å². The van der Waals surface area contributed by atoms with Gasteiger partial charge in [0.2, 0.25) is 0 Å². The summed E-state index contributed by atoms with van der Waals surface area (Å²) in [6, 6.07) is 6.60. The molecule has 0 saturated carbocycles. The predicted octanol–water partition coefficient (Wildman–Crippen LogP) is 3.07. The van der Waals surface area contributed by atoms with Crippen LogP contribution in [-0.2, 0) is 6.54 Å². The molecule has 0 unspecified atom stereocenters. The number of hydrogen-bond acceptors (Lipinski definition) is 3. The van der Waals surface area contributed by atoms with Crippen LogP contribution in [0.1, 0.15) is 11.5 Å². The fourth-order valence-corrected chi connectivity index (χ4v) is 2.06. The molecule has 0 aliphatic rings. The third kappa shape index (κ3) is 2.91. The van der Waals surface area contributed by atoms with Gasteiger partial charge in [0, 0.05) is 15.7 Å². The van der Waals surface area contributed by atoms with E-state index in [-0.39, 0.29) is 5.82 Å². The second kappa shape index (κ2) is 5.54. The first kappa shape index (κ1) is 13.1. The standard InChI is InChI=1S/C13H13BrFN3/c1-8-5-12(18-13(17-8)7-16-2)10-6-9(14)3-4-11(10)15/h3-6,16H,7H2,1-2H3. The van der Waals surface area contributed by atoms with Crippen LogP contribution < -0.4 is 5.32 Å². The van der Waals surface area contributed by atoms with E-state index >= 15 is 0 Å². The van der Waals surface area contributed by atoms with Crippen molar-refractivity contribution < 1.29 is 4.39 Å². The number of nitrogens with zero attached hydrogens (tertiary/aromatic N) is 2. The Morgan fingerprint density at radius 3 is 2.78 bits per heavy atom. The molecule has 0 aliphatic heterocycles. The highest BCUT2D eigenvalue weighted by atomic mass is 79.9. The topological polar surface area (TPSA) is 37.8 Å². The van der Waals surface area contributed by atoms with Gasteiger partial charge in [-0.25, -0.2) is 14.4 Å². The number of nitrogens with one attached hydrogen (secondary N) is 1. The van der Waals surface area contributed by atoms with Gasteiger partial charge < -0.3 is 5.32 Å². The maximum Gasteiger partial charge on any atom is 0.143 e. The van der Waals surface area contributed by atoms with Gasteiger partial charge in [0.1, 0.15) is 11.6 Å². The highest BCUT2D eigenvalue weighted by molar-refractivity contribution is 9.10. The zero-order valence-corrected chi connectivity index (χ0v) is 11.8. The summed E-state index contributed by atoms with van der Waals surface area (Å²) in [6.45, 7) is 2.44. The second-order valence-electron chi connectivity index (χ2n) is 3.97. The molecule has 0 spiro atoms. The third-order valence-corrected chi connectivity index (χ3v) is 2.93. The van der Waals surface area contributed by atoms with Gasteiger partial charge in [0.15, 0.2) is 0 Å². The minimum atomic E-state index is -0.285. The number of aryl methyl sites for hydroxylation is 1. The van der Waals surface area contributed by atoms with Crippen LogP contribution in [-0.4, -0.2) is 17.0 Å². The van der Waals surface area contributed by atoms with E-state index in [1.807, 2.05) is 14.0 Å². The Bertz CT molecular complexity index is 572. The Morgan fingerprint density at radius 1 is 1.28 bits per heavy atom. The van der Waals surface area contributed by atoms with Gasteiger partial charge in [-0.15, -0.1) is 0 Å². The monoisotopic (exact) mass is 309 g/mol. The molecule has 2 rings (SSSR count). The lowest BCUT2D eigenvalue weighted by atomic mass is 10.1. The van der Waals surface area contributed by atoms with Gasteiger partial charge in [-0.3, -0.25) is 0 Å². The van der Waals surface area contributed by atoms with Gasteiger partial charge in [0.05, 0.1) is 12.2 Å². The van der Waals surface area contributed by atoms with Gasteiger partial charge >= 0.3 is 0 Å². The molecule has 0 amide bonds. The smallest absolute Gasteiger partial charge is 0.143 e. The van der Waals surface area contributed by atoms with Crippen LogP contribution in [0, 0.1) is 12.7 Å². The zero-order valence-electron chi connectivity index (χ0n) is 10.2. The Hall–Kier alpha value is -1.33. The number of aromatic nitrogens is 2. The van der Waals surface area contributed by atoms with Crippen molar-refractivity contribution in [2.24, 2.45) is 0 Å². The Labute approximate surface area is 114 Å². The molecule has 0 bridgehead atoms. The van der Waals surface area contributed by atoms with E-state index in [4.69, 9.17) is 0 Å². The average Bonchev–Trinajstić information content (AvgIpc) is 2.32. The lowest BCUT2D eigenvalue weighted by Gasteiger charge is -2.07. The molecule has 1 N–H and O–H groups in total. The van der Waals surface area contributed by atoms with Crippen LogP contribution in [0.3, 0.4) is 0 Å². The largest absolute Gasteiger partial charge is 0.313 e. The summed E-state index contributed by atoms with van der Waals surface area (Å²) in [5.74, 6) is 0.374. The molecule has 1 aromatic carbocycles. The van der Waals surface area contributed by atoms with Crippen LogP contribution in [0.5, 0.6) is 0 Å². The highest BCUT2D eigenvalue weighted by Gasteiger charge is 2.09. The van der Waals surface area contributed by atoms with Crippen LogP contribution in [0.4, 0.5) is 4.39 Å². The maximum atomic E-state index is 13.8. The minimum Gasteiger partial charge on any atom is -0.313 e. The fraction of sp³-hybridized carbons (Fsp3) is 0.231. The summed E-state index contributed by atoms with van der Waals surface area (Å²) in [5, 5.41) is 2.99. The summed E-state index contributed by atoms with van der Waals surface area (Å²) in [4.78, 5) is 8.65. The molecule has 18 heavy (non-hydrogen) atoms. The van der Waals surface area contributed by atoms with E-state index in [0.29, 0.717) is 23.6 Å². The second-order valence-corrected chi connectivity index (χ2v) is 4.88. The van der Waals surface area contributed by atoms with Crippen molar-refractivity contribution in [3.05, 3.63) is 46.1 Å². The van der Waals surface area contributed by atoms with Gasteiger partial charge in [-0.2, -0.15) is 0 Å². The Kier molecular flexibility index (Phi) is 4.04. The Balaban J connectivity index is 2.52. The molecule has 94 valence electrons. The summed E-state index contributed by atoms with van der Waals surface area (Å²) >= 11 is 3.34. The van der Waals surface area contributed by atoms with E-state index in [0.717, 1.165) is 10.2 Å². The zero-order chi connectivity index (χ0) is 13.1. The van der Waals surface area contributed by atoms with Crippen molar-refractivity contribution in [2.75, 3.05) is 7.05 Å². The molecular formula is C13H13BrFN3. The Morgan fingerprint density at radius 2 is 2.06 bits per heavy atom. The molecule has 3 nitrogen and oxygen atoms in total. The minimum absolute atomic E-state index is 0.285. The number of rotatable bonds is 3. The molecule has 2 aromatic rings. The van der Waals surface area contributed by atoms with E-state index in [2.05, 4.69) is 31.2 Å². The maximum absolute atomic E-state index is 13.8.